The molecule has 1 unspecified atom stereocenters. The van der Waals surface area contributed by atoms with Gasteiger partial charge in [0.15, 0.2) is 5.96 Å². The first-order valence-electron chi connectivity index (χ1n) is 8.11. The van der Waals surface area contributed by atoms with Crippen molar-refractivity contribution in [3.63, 3.8) is 0 Å². The topological polar surface area (TPSA) is 79.8 Å². The molecule has 140 valence electrons. The van der Waals surface area contributed by atoms with Gasteiger partial charge in [0, 0.05) is 25.9 Å². The second-order valence-electron chi connectivity index (χ2n) is 5.64. The van der Waals surface area contributed by atoms with Crippen molar-refractivity contribution in [3.05, 3.63) is 0 Å². The Morgan fingerprint density at radius 1 is 1.22 bits per heavy atom. The molecule has 0 aromatic heterocycles. The summed E-state index contributed by atoms with van der Waals surface area (Å²) >= 11 is 0. The van der Waals surface area contributed by atoms with Gasteiger partial charge in [0.25, 0.3) is 0 Å². The Balaban J connectivity index is 0. The van der Waals surface area contributed by atoms with Crippen LogP contribution in [0.4, 0.5) is 0 Å². The summed E-state index contributed by atoms with van der Waals surface area (Å²) in [6, 6.07) is 0.384. The summed E-state index contributed by atoms with van der Waals surface area (Å²) in [5, 5.41) is 6.51. The number of sulfone groups is 1. The monoisotopic (exact) mass is 463 g/mol. The van der Waals surface area contributed by atoms with Crippen molar-refractivity contribution in [1.82, 2.24) is 10.6 Å². The van der Waals surface area contributed by atoms with Crippen LogP contribution in [-0.4, -0.2) is 59.2 Å². The van der Waals surface area contributed by atoms with Gasteiger partial charge in [-0.2, -0.15) is 0 Å². The molecule has 0 aliphatic carbocycles. The van der Waals surface area contributed by atoms with E-state index in [1.54, 1.807) is 7.05 Å². The van der Waals surface area contributed by atoms with Gasteiger partial charge >= 0.3 is 0 Å². The summed E-state index contributed by atoms with van der Waals surface area (Å²) < 4.78 is 27.2. The summed E-state index contributed by atoms with van der Waals surface area (Å²) in [4.78, 5) is 4.17. The molecular weight excluding hydrogens is 429 g/mol. The summed E-state index contributed by atoms with van der Waals surface area (Å²) in [6.45, 7) is 5.67. The van der Waals surface area contributed by atoms with E-state index in [9.17, 15) is 8.42 Å². The third-order valence-corrected chi connectivity index (χ3v) is 4.14. The zero-order valence-electron chi connectivity index (χ0n) is 14.9. The Bertz CT molecular complexity index is 403. The number of rotatable bonds is 12. The minimum Gasteiger partial charge on any atom is -0.379 e. The van der Waals surface area contributed by atoms with Gasteiger partial charge in [-0.3, -0.25) is 4.99 Å². The highest BCUT2D eigenvalue weighted by Crippen LogP contribution is 2.04. The molecular formula is C15H34IN3O3S. The lowest BCUT2D eigenvalue weighted by atomic mass is 10.1. The lowest BCUT2D eigenvalue weighted by Crippen LogP contribution is -2.43. The standard InChI is InChI=1S/C15H33N3O3S.HI/c1-5-6-7-8-9-14(2)18-15(16-3)17-10-11-21-12-13-22(4,19)20;/h14H,5-13H2,1-4H3,(H2,16,17,18);1H. The van der Waals surface area contributed by atoms with E-state index in [0.717, 1.165) is 12.4 Å². The van der Waals surface area contributed by atoms with Crippen molar-refractivity contribution in [2.75, 3.05) is 38.8 Å². The molecule has 0 heterocycles. The predicted molar refractivity (Wildman–Crippen MR) is 109 cm³/mol. The smallest absolute Gasteiger partial charge is 0.191 e. The van der Waals surface area contributed by atoms with Crippen LogP contribution in [-0.2, 0) is 14.6 Å². The highest BCUT2D eigenvalue weighted by atomic mass is 127. The van der Waals surface area contributed by atoms with E-state index >= 15 is 0 Å². The molecule has 0 radical (unpaired) electrons. The fourth-order valence-electron chi connectivity index (χ4n) is 1.93. The maximum absolute atomic E-state index is 10.9. The van der Waals surface area contributed by atoms with Crippen LogP contribution in [0.3, 0.4) is 0 Å². The van der Waals surface area contributed by atoms with Crippen molar-refractivity contribution in [2.45, 2.75) is 52.0 Å². The molecule has 6 nitrogen and oxygen atoms in total. The van der Waals surface area contributed by atoms with Gasteiger partial charge < -0.3 is 15.4 Å². The summed E-state index contributed by atoms with van der Waals surface area (Å²) in [7, 11) is -1.20. The number of nitrogens with one attached hydrogen (secondary N) is 2. The summed E-state index contributed by atoms with van der Waals surface area (Å²) in [5.41, 5.74) is 0. The van der Waals surface area contributed by atoms with Gasteiger partial charge in [-0.05, 0) is 13.3 Å². The molecule has 0 saturated heterocycles. The molecule has 0 aromatic carbocycles. The molecule has 0 bridgehead atoms. The van der Waals surface area contributed by atoms with Gasteiger partial charge in [0.2, 0.25) is 0 Å². The third kappa shape index (κ3) is 18.1. The molecule has 0 spiro atoms. The maximum atomic E-state index is 10.9. The Kier molecular flexibility index (Phi) is 16.9. The number of unbranched alkanes of at least 4 members (excludes halogenated alkanes) is 3. The minimum atomic E-state index is -2.94. The van der Waals surface area contributed by atoms with Crippen molar-refractivity contribution in [1.29, 1.82) is 0 Å². The van der Waals surface area contributed by atoms with Gasteiger partial charge in [0.1, 0.15) is 9.84 Å². The Morgan fingerprint density at radius 3 is 2.48 bits per heavy atom. The summed E-state index contributed by atoms with van der Waals surface area (Å²) in [6.07, 6.45) is 7.40. The van der Waals surface area contributed by atoms with Gasteiger partial charge in [-0.25, -0.2) is 8.42 Å². The molecule has 0 aliphatic heterocycles. The first-order valence-corrected chi connectivity index (χ1v) is 10.2. The largest absolute Gasteiger partial charge is 0.379 e. The second kappa shape index (κ2) is 15.4. The second-order valence-corrected chi connectivity index (χ2v) is 7.90. The van der Waals surface area contributed by atoms with Gasteiger partial charge in [0.05, 0.1) is 19.0 Å². The number of guanidine groups is 1. The van der Waals surface area contributed by atoms with Crippen LogP contribution in [0.1, 0.15) is 46.0 Å². The van der Waals surface area contributed by atoms with E-state index in [1.165, 1.54) is 31.9 Å². The van der Waals surface area contributed by atoms with Crippen LogP contribution < -0.4 is 10.6 Å². The van der Waals surface area contributed by atoms with E-state index in [0.29, 0.717) is 19.2 Å². The SMILES string of the molecule is CCCCCCC(C)NC(=NC)NCCOCCS(C)(=O)=O.I. The Labute approximate surface area is 159 Å². The number of nitrogens with zero attached hydrogens (tertiary/aromatic N) is 1. The van der Waals surface area contributed by atoms with Crippen LogP contribution in [0.5, 0.6) is 0 Å². The fraction of sp³-hybridized carbons (Fsp3) is 0.933. The molecule has 0 amide bonds. The Morgan fingerprint density at radius 2 is 1.91 bits per heavy atom. The number of hydrogen-bond donors (Lipinski definition) is 2. The van der Waals surface area contributed by atoms with E-state index in [4.69, 9.17) is 4.74 Å². The number of aliphatic imine (C=N–C) groups is 1. The molecule has 0 rings (SSSR count). The lowest BCUT2D eigenvalue weighted by molar-refractivity contribution is 0.154. The molecule has 1 atom stereocenters. The zero-order valence-corrected chi connectivity index (χ0v) is 18.1. The zero-order chi connectivity index (χ0) is 16.8. The van der Waals surface area contributed by atoms with Crippen LogP contribution in [0.15, 0.2) is 4.99 Å². The normalized spacial score (nSPS) is 13.3. The molecule has 2 N–H and O–H groups in total. The molecule has 0 fully saturated rings. The van der Waals surface area contributed by atoms with E-state index in [-0.39, 0.29) is 36.3 Å². The van der Waals surface area contributed by atoms with Crippen molar-refractivity contribution >= 4 is 39.8 Å². The highest BCUT2D eigenvalue weighted by molar-refractivity contribution is 14.0. The third-order valence-electron chi connectivity index (χ3n) is 3.23. The van der Waals surface area contributed by atoms with Gasteiger partial charge in [-0.1, -0.05) is 32.6 Å². The minimum absolute atomic E-state index is 0. The number of ether oxygens (including phenoxy) is 1. The van der Waals surface area contributed by atoms with E-state index in [2.05, 4.69) is 29.5 Å². The molecule has 8 heteroatoms. The van der Waals surface area contributed by atoms with Crippen LogP contribution in [0.25, 0.3) is 0 Å². The number of hydrogen-bond acceptors (Lipinski definition) is 4. The van der Waals surface area contributed by atoms with Gasteiger partial charge in [-0.15, -0.1) is 24.0 Å². The molecule has 0 saturated carbocycles. The van der Waals surface area contributed by atoms with E-state index in [1.807, 2.05) is 0 Å². The van der Waals surface area contributed by atoms with Crippen LogP contribution >= 0.6 is 24.0 Å². The number of halogens is 1. The Hall–Kier alpha value is -0.0900. The highest BCUT2D eigenvalue weighted by Gasteiger charge is 2.05. The molecule has 23 heavy (non-hydrogen) atoms. The average Bonchev–Trinajstić information content (AvgIpc) is 2.44. The molecule has 0 aromatic rings. The fourth-order valence-corrected chi connectivity index (χ4v) is 2.35. The van der Waals surface area contributed by atoms with Crippen LogP contribution in [0, 0.1) is 0 Å². The quantitative estimate of drug-likeness (QED) is 0.201. The lowest BCUT2D eigenvalue weighted by Gasteiger charge is -2.17. The van der Waals surface area contributed by atoms with Crippen molar-refractivity contribution in [2.24, 2.45) is 4.99 Å². The first-order chi connectivity index (χ1) is 10.4. The predicted octanol–water partition coefficient (Wildman–Crippen LogP) is 2.19. The van der Waals surface area contributed by atoms with E-state index < -0.39 is 9.84 Å². The first kappa shape index (κ1) is 25.2. The maximum Gasteiger partial charge on any atom is 0.191 e. The van der Waals surface area contributed by atoms with Crippen molar-refractivity contribution < 1.29 is 13.2 Å². The van der Waals surface area contributed by atoms with Crippen LogP contribution in [0.2, 0.25) is 0 Å². The molecule has 0 aliphatic rings. The summed E-state index contributed by atoms with van der Waals surface area (Å²) in [5.74, 6) is 0.823. The van der Waals surface area contributed by atoms with Crippen molar-refractivity contribution in [3.8, 4) is 0 Å². The average molecular weight is 463 g/mol.